The van der Waals surface area contributed by atoms with Gasteiger partial charge in [0.25, 0.3) is 0 Å². The molecule has 0 aromatic carbocycles. The zero-order valence-corrected chi connectivity index (χ0v) is 13.2. The van der Waals surface area contributed by atoms with Crippen LogP contribution in [-0.4, -0.2) is 21.0 Å². The summed E-state index contributed by atoms with van der Waals surface area (Å²) in [6, 6.07) is 4.34. The molecule has 0 spiro atoms. The second-order valence-electron chi connectivity index (χ2n) is 5.25. The third-order valence-electron chi connectivity index (χ3n) is 3.51. The van der Waals surface area contributed by atoms with Gasteiger partial charge in [-0.2, -0.15) is 0 Å². The number of pyridine rings is 1. The third-order valence-corrected chi connectivity index (χ3v) is 4.71. The normalized spacial score (nSPS) is 14.8. The van der Waals surface area contributed by atoms with E-state index in [4.69, 9.17) is 11.6 Å². The van der Waals surface area contributed by atoms with Crippen molar-refractivity contribution in [1.29, 1.82) is 0 Å². The number of hydrogen-bond donors (Lipinski definition) is 1. The van der Waals surface area contributed by atoms with E-state index in [1.54, 1.807) is 23.9 Å². The number of nitrogens with zero attached hydrogens (tertiary/aromatic N) is 3. The van der Waals surface area contributed by atoms with Gasteiger partial charge < -0.3 is 5.32 Å². The van der Waals surface area contributed by atoms with Crippen LogP contribution >= 0.6 is 22.9 Å². The van der Waals surface area contributed by atoms with Gasteiger partial charge in [0.05, 0.1) is 10.2 Å². The van der Waals surface area contributed by atoms with Crippen molar-refractivity contribution in [1.82, 2.24) is 15.0 Å². The molecule has 1 fully saturated rings. The van der Waals surface area contributed by atoms with Crippen LogP contribution in [0.15, 0.2) is 30.0 Å². The zero-order valence-electron chi connectivity index (χ0n) is 11.7. The number of aromatic nitrogens is 3. The molecular formula is C16H13ClN4S. The molecule has 0 bridgehead atoms. The van der Waals surface area contributed by atoms with Crippen LogP contribution < -0.4 is 5.32 Å². The van der Waals surface area contributed by atoms with E-state index >= 15 is 0 Å². The fourth-order valence-electron chi connectivity index (χ4n) is 2.22. The number of nitrogens with one attached hydrogen (secondary N) is 1. The summed E-state index contributed by atoms with van der Waals surface area (Å²) in [4.78, 5) is 12.8. The maximum absolute atomic E-state index is 5.90. The summed E-state index contributed by atoms with van der Waals surface area (Å²) >= 11 is 7.58. The van der Waals surface area contributed by atoms with Crippen molar-refractivity contribution in [3.05, 3.63) is 46.3 Å². The minimum atomic E-state index is 0.496. The maximum Gasteiger partial charge on any atom is 0.147 e. The number of hydrogen-bond acceptors (Lipinski definition) is 5. The molecule has 22 heavy (non-hydrogen) atoms. The second kappa shape index (κ2) is 5.66. The molecule has 4 rings (SSSR count). The predicted octanol–water partition coefficient (Wildman–Crippen LogP) is 4.48. The average Bonchev–Trinajstić information content (AvgIpc) is 3.23. The van der Waals surface area contributed by atoms with Crippen LogP contribution in [0.1, 0.15) is 24.0 Å². The van der Waals surface area contributed by atoms with Crippen molar-refractivity contribution in [3.63, 3.8) is 0 Å². The first kappa shape index (κ1) is 13.7. The molecule has 3 aromatic rings. The summed E-state index contributed by atoms with van der Waals surface area (Å²) in [5, 5.41) is 6.07. The van der Waals surface area contributed by atoms with E-state index in [0.29, 0.717) is 11.2 Å². The summed E-state index contributed by atoms with van der Waals surface area (Å²) in [5.74, 6) is 0.948. The molecule has 4 nitrogen and oxygen atoms in total. The molecule has 3 aromatic heterocycles. The molecule has 0 atom stereocenters. The van der Waals surface area contributed by atoms with Crippen LogP contribution in [0.25, 0.3) is 22.4 Å². The summed E-state index contributed by atoms with van der Waals surface area (Å²) in [6.07, 6.45) is 9.86. The van der Waals surface area contributed by atoms with Crippen LogP contribution in [-0.2, 0) is 0 Å². The summed E-state index contributed by atoms with van der Waals surface area (Å²) in [7, 11) is 0. The Bertz CT molecular complexity index is 854. The molecule has 1 aliphatic carbocycles. The van der Waals surface area contributed by atoms with Crippen molar-refractivity contribution in [2.75, 3.05) is 5.32 Å². The molecule has 1 N–H and O–H groups in total. The molecule has 0 saturated heterocycles. The molecule has 1 aliphatic rings. The molecule has 0 radical (unpaired) electrons. The summed E-state index contributed by atoms with van der Waals surface area (Å²) < 4.78 is 1.11. The highest BCUT2D eigenvalue weighted by Gasteiger charge is 2.22. The fraction of sp³-hybridized carbons (Fsp3) is 0.188. The van der Waals surface area contributed by atoms with E-state index in [-0.39, 0.29) is 0 Å². The van der Waals surface area contributed by atoms with E-state index in [0.717, 1.165) is 27.2 Å². The monoisotopic (exact) mass is 328 g/mol. The van der Waals surface area contributed by atoms with E-state index in [1.807, 2.05) is 18.2 Å². The largest absolute Gasteiger partial charge is 0.366 e. The molecule has 0 amide bonds. The van der Waals surface area contributed by atoms with Crippen molar-refractivity contribution in [2.45, 2.75) is 18.9 Å². The molecular weight excluding hydrogens is 316 g/mol. The zero-order chi connectivity index (χ0) is 14.9. The van der Waals surface area contributed by atoms with E-state index in [1.165, 1.54) is 12.8 Å². The number of fused-ring (bicyclic) bond motifs is 1. The van der Waals surface area contributed by atoms with Crippen molar-refractivity contribution in [3.8, 4) is 0 Å². The van der Waals surface area contributed by atoms with Gasteiger partial charge in [-0.25, -0.2) is 15.0 Å². The predicted molar refractivity (Wildman–Crippen MR) is 92.2 cm³/mol. The first-order chi connectivity index (χ1) is 10.8. The molecule has 0 unspecified atom stereocenters. The Labute approximate surface area is 136 Å². The van der Waals surface area contributed by atoms with Gasteiger partial charge in [0.2, 0.25) is 0 Å². The molecule has 110 valence electrons. The van der Waals surface area contributed by atoms with Gasteiger partial charge >= 0.3 is 0 Å². The quantitative estimate of drug-likeness (QED) is 0.717. The van der Waals surface area contributed by atoms with Crippen LogP contribution in [0.5, 0.6) is 0 Å². The Hall–Kier alpha value is -1.98. The minimum absolute atomic E-state index is 0.496. The van der Waals surface area contributed by atoms with Crippen LogP contribution in [0.2, 0.25) is 5.15 Å². The summed E-state index contributed by atoms with van der Waals surface area (Å²) in [5.41, 5.74) is 3.10. The molecule has 3 heterocycles. The van der Waals surface area contributed by atoms with Crippen LogP contribution in [0.3, 0.4) is 0 Å². The third kappa shape index (κ3) is 2.82. The van der Waals surface area contributed by atoms with E-state index in [2.05, 4.69) is 31.7 Å². The minimum Gasteiger partial charge on any atom is -0.366 e. The number of halogens is 1. The van der Waals surface area contributed by atoms with Gasteiger partial charge in [-0.3, -0.25) is 0 Å². The van der Waals surface area contributed by atoms with Gasteiger partial charge in [-0.15, -0.1) is 11.3 Å². The van der Waals surface area contributed by atoms with Gasteiger partial charge in [0.1, 0.15) is 17.3 Å². The average molecular weight is 329 g/mol. The SMILES string of the molecule is Clc1cc(C=Cc2csc3c(NC4CC4)ncnc23)ccn1. The van der Waals surface area contributed by atoms with Crippen LogP contribution in [0, 0.1) is 0 Å². The van der Waals surface area contributed by atoms with Gasteiger partial charge in [-0.1, -0.05) is 23.8 Å². The second-order valence-corrected chi connectivity index (χ2v) is 6.52. The highest BCUT2D eigenvalue weighted by Crippen LogP contribution is 2.33. The molecule has 1 saturated carbocycles. The first-order valence-electron chi connectivity index (χ1n) is 7.08. The smallest absolute Gasteiger partial charge is 0.147 e. The van der Waals surface area contributed by atoms with Crippen molar-refractivity contribution in [2.24, 2.45) is 0 Å². The standard InChI is InChI=1S/C16H13ClN4S/c17-13-7-10(5-6-18-13)1-2-11-8-22-15-14(11)19-9-20-16(15)21-12-3-4-12/h1-2,5-9,12H,3-4H2,(H,19,20,21). The Morgan fingerprint density at radius 2 is 2.14 bits per heavy atom. The Balaban J connectivity index is 1.67. The Morgan fingerprint density at radius 1 is 1.23 bits per heavy atom. The van der Waals surface area contributed by atoms with Crippen molar-refractivity contribution >= 4 is 51.1 Å². The highest BCUT2D eigenvalue weighted by molar-refractivity contribution is 7.18. The topological polar surface area (TPSA) is 50.7 Å². The lowest BCUT2D eigenvalue weighted by atomic mass is 10.2. The van der Waals surface area contributed by atoms with Gasteiger partial charge in [-0.05, 0) is 30.5 Å². The number of anilines is 1. The van der Waals surface area contributed by atoms with Crippen LogP contribution in [0.4, 0.5) is 5.82 Å². The Kier molecular flexibility index (Phi) is 3.52. The number of thiophene rings is 1. The first-order valence-corrected chi connectivity index (χ1v) is 8.34. The van der Waals surface area contributed by atoms with Gasteiger partial charge in [0.15, 0.2) is 0 Å². The molecule has 0 aliphatic heterocycles. The number of rotatable bonds is 4. The van der Waals surface area contributed by atoms with E-state index < -0.39 is 0 Å². The van der Waals surface area contributed by atoms with Crippen molar-refractivity contribution < 1.29 is 0 Å². The lowest BCUT2D eigenvalue weighted by Crippen LogP contribution is -2.03. The lowest BCUT2D eigenvalue weighted by molar-refractivity contribution is 1.11. The summed E-state index contributed by atoms with van der Waals surface area (Å²) in [6.45, 7) is 0. The maximum atomic E-state index is 5.90. The lowest BCUT2D eigenvalue weighted by Gasteiger charge is -2.03. The van der Waals surface area contributed by atoms with E-state index in [9.17, 15) is 0 Å². The molecule has 6 heteroatoms. The Morgan fingerprint density at radius 3 is 2.95 bits per heavy atom. The highest BCUT2D eigenvalue weighted by atomic mass is 35.5. The fourth-order valence-corrected chi connectivity index (χ4v) is 3.34. The van der Waals surface area contributed by atoms with Gasteiger partial charge in [0, 0.05) is 23.2 Å².